The maximum absolute atomic E-state index is 12.8. The van der Waals surface area contributed by atoms with Gasteiger partial charge in [-0.05, 0) is 50.4 Å². The van der Waals surface area contributed by atoms with Crippen molar-refractivity contribution in [3.8, 4) is 0 Å². The zero-order chi connectivity index (χ0) is 16.9. The molecule has 2 aliphatic heterocycles. The summed E-state index contributed by atoms with van der Waals surface area (Å²) in [5, 5.41) is 8.76. The number of hydrogen-bond acceptors (Lipinski definition) is 4. The maximum atomic E-state index is 12.8. The Morgan fingerprint density at radius 2 is 1.96 bits per heavy atom. The highest BCUT2D eigenvalue weighted by Gasteiger charge is 2.51. The van der Waals surface area contributed by atoms with Crippen molar-refractivity contribution in [2.45, 2.75) is 57.4 Å². The van der Waals surface area contributed by atoms with Crippen molar-refractivity contribution < 1.29 is 9.53 Å². The molecule has 0 aromatic carbocycles. The molecular formula is C19H28N4O2. The van der Waals surface area contributed by atoms with Crippen LogP contribution in [0.1, 0.15) is 56.7 Å². The first-order valence-corrected chi connectivity index (χ1v) is 9.97. The molecule has 2 aliphatic carbocycles. The van der Waals surface area contributed by atoms with Gasteiger partial charge in [0, 0.05) is 50.6 Å². The fourth-order valence-corrected chi connectivity index (χ4v) is 4.75. The van der Waals surface area contributed by atoms with Gasteiger partial charge in [0.2, 0.25) is 5.91 Å². The molecule has 0 radical (unpaired) electrons. The van der Waals surface area contributed by atoms with Crippen LogP contribution in [0.2, 0.25) is 0 Å². The number of nitrogens with zero attached hydrogens (tertiary/aromatic N) is 4. The molecule has 4 fully saturated rings. The minimum absolute atomic E-state index is 0.131. The highest BCUT2D eigenvalue weighted by molar-refractivity contribution is 5.77. The summed E-state index contributed by atoms with van der Waals surface area (Å²) in [6, 6.07) is 0. The van der Waals surface area contributed by atoms with Gasteiger partial charge >= 0.3 is 0 Å². The smallest absolute Gasteiger partial charge is 0.222 e. The van der Waals surface area contributed by atoms with Crippen molar-refractivity contribution in [1.29, 1.82) is 0 Å². The topological polar surface area (TPSA) is 60.2 Å². The van der Waals surface area contributed by atoms with E-state index in [2.05, 4.69) is 19.7 Å². The third-order valence-electron chi connectivity index (χ3n) is 6.76. The van der Waals surface area contributed by atoms with Crippen LogP contribution in [0.15, 0.2) is 6.33 Å². The quantitative estimate of drug-likeness (QED) is 0.822. The molecule has 0 N–H and O–H groups in total. The van der Waals surface area contributed by atoms with Crippen molar-refractivity contribution in [1.82, 2.24) is 19.7 Å². The van der Waals surface area contributed by atoms with Gasteiger partial charge in [0.1, 0.15) is 12.2 Å². The van der Waals surface area contributed by atoms with E-state index in [1.807, 2.05) is 6.33 Å². The Morgan fingerprint density at radius 1 is 1.20 bits per heavy atom. The highest BCUT2D eigenvalue weighted by atomic mass is 16.5. The molecule has 136 valence electrons. The van der Waals surface area contributed by atoms with Crippen LogP contribution in [0.5, 0.6) is 0 Å². The molecule has 1 aromatic heterocycles. The molecule has 3 heterocycles. The summed E-state index contributed by atoms with van der Waals surface area (Å²) in [5.41, 5.74) is 0.131. The molecule has 25 heavy (non-hydrogen) atoms. The second-order valence-electron chi connectivity index (χ2n) is 8.73. The predicted octanol–water partition coefficient (Wildman–Crippen LogP) is 2.21. The van der Waals surface area contributed by atoms with Crippen LogP contribution in [0.3, 0.4) is 0 Å². The second kappa shape index (κ2) is 6.08. The lowest BCUT2D eigenvalue weighted by atomic mass is 9.71. The van der Waals surface area contributed by atoms with Crippen molar-refractivity contribution >= 4 is 5.91 Å². The first-order chi connectivity index (χ1) is 12.2. The number of amides is 1. The van der Waals surface area contributed by atoms with E-state index in [-0.39, 0.29) is 5.41 Å². The Hall–Kier alpha value is -1.43. The Balaban J connectivity index is 1.40. The fourth-order valence-electron chi connectivity index (χ4n) is 4.75. The molecule has 1 atom stereocenters. The second-order valence-corrected chi connectivity index (χ2v) is 8.73. The van der Waals surface area contributed by atoms with E-state index in [1.165, 1.54) is 25.7 Å². The number of hydrogen-bond donors (Lipinski definition) is 0. The minimum atomic E-state index is 0.131. The van der Waals surface area contributed by atoms with E-state index in [4.69, 9.17) is 4.74 Å². The number of likely N-dealkylation sites (tertiary alicyclic amines) is 1. The van der Waals surface area contributed by atoms with Crippen LogP contribution in [0.4, 0.5) is 0 Å². The van der Waals surface area contributed by atoms with E-state index < -0.39 is 0 Å². The SMILES string of the molecule is O=C(CC1CC1)N1CC(c2nncn2CC2CC2)C2(CCOCC2)C1. The Bertz CT molecular complexity index is 644. The van der Waals surface area contributed by atoms with Crippen LogP contribution >= 0.6 is 0 Å². The van der Waals surface area contributed by atoms with Gasteiger partial charge in [0.05, 0.1) is 0 Å². The van der Waals surface area contributed by atoms with E-state index in [0.717, 1.165) is 63.9 Å². The van der Waals surface area contributed by atoms with E-state index in [1.54, 1.807) is 0 Å². The standard InChI is InChI=1S/C19H28N4O2/c24-17(9-14-1-2-14)22-11-16(19(12-22)5-7-25-8-6-19)18-21-20-13-23(18)10-15-3-4-15/h13-16H,1-12H2. The van der Waals surface area contributed by atoms with Gasteiger partial charge in [-0.2, -0.15) is 0 Å². The predicted molar refractivity (Wildman–Crippen MR) is 91.9 cm³/mol. The molecular weight excluding hydrogens is 316 g/mol. The van der Waals surface area contributed by atoms with Crippen molar-refractivity contribution in [3.05, 3.63) is 12.2 Å². The summed E-state index contributed by atoms with van der Waals surface area (Å²) in [6.45, 7) is 4.34. The molecule has 4 aliphatic rings. The van der Waals surface area contributed by atoms with Gasteiger partial charge in [-0.3, -0.25) is 4.79 Å². The third-order valence-corrected chi connectivity index (χ3v) is 6.76. The average molecular weight is 344 g/mol. The number of ether oxygens (including phenoxy) is 1. The van der Waals surface area contributed by atoms with E-state index >= 15 is 0 Å². The van der Waals surface area contributed by atoms with Crippen molar-refractivity contribution in [2.24, 2.45) is 17.3 Å². The Kier molecular flexibility index (Phi) is 3.84. The average Bonchev–Trinajstić information content (AvgIpc) is 3.52. The Morgan fingerprint density at radius 3 is 2.68 bits per heavy atom. The summed E-state index contributed by atoms with van der Waals surface area (Å²) in [4.78, 5) is 14.9. The van der Waals surface area contributed by atoms with Gasteiger partial charge in [-0.25, -0.2) is 0 Å². The lowest BCUT2D eigenvalue weighted by Crippen LogP contribution is -2.37. The third kappa shape index (κ3) is 3.09. The highest BCUT2D eigenvalue weighted by Crippen LogP contribution is 2.49. The van der Waals surface area contributed by atoms with Gasteiger partial charge in [0.25, 0.3) is 0 Å². The normalized spacial score (nSPS) is 28.6. The fraction of sp³-hybridized carbons (Fsp3) is 0.842. The maximum Gasteiger partial charge on any atom is 0.222 e. The summed E-state index contributed by atoms with van der Waals surface area (Å²) < 4.78 is 7.92. The first-order valence-electron chi connectivity index (χ1n) is 9.97. The first kappa shape index (κ1) is 15.8. The molecule has 6 nitrogen and oxygen atoms in total. The summed E-state index contributed by atoms with van der Waals surface area (Å²) in [5.74, 6) is 3.21. The Labute approximate surface area is 148 Å². The summed E-state index contributed by atoms with van der Waals surface area (Å²) in [6.07, 6.45) is 9.82. The summed E-state index contributed by atoms with van der Waals surface area (Å²) in [7, 11) is 0. The zero-order valence-corrected chi connectivity index (χ0v) is 14.9. The summed E-state index contributed by atoms with van der Waals surface area (Å²) >= 11 is 0. The van der Waals surface area contributed by atoms with Crippen LogP contribution in [-0.4, -0.2) is 51.9 Å². The lowest BCUT2D eigenvalue weighted by Gasteiger charge is -2.37. The molecule has 1 unspecified atom stereocenters. The van der Waals surface area contributed by atoms with Gasteiger partial charge in [0.15, 0.2) is 0 Å². The molecule has 1 spiro atoms. The molecule has 1 amide bonds. The zero-order valence-electron chi connectivity index (χ0n) is 14.9. The number of aromatic nitrogens is 3. The van der Waals surface area contributed by atoms with Crippen molar-refractivity contribution in [3.63, 3.8) is 0 Å². The van der Waals surface area contributed by atoms with Crippen LogP contribution in [0.25, 0.3) is 0 Å². The van der Waals surface area contributed by atoms with Crippen LogP contribution in [0, 0.1) is 17.3 Å². The van der Waals surface area contributed by atoms with Crippen LogP contribution < -0.4 is 0 Å². The molecule has 2 saturated heterocycles. The minimum Gasteiger partial charge on any atom is -0.381 e. The van der Waals surface area contributed by atoms with Crippen molar-refractivity contribution in [2.75, 3.05) is 26.3 Å². The molecule has 2 saturated carbocycles. The molecule has 1 aromatic rings. The van der Waals surface area contributed by atoms with Gasteiger partial charge in [-0.15, -0.1) is 10.2 Å². The molecule has 6 heteroatoms. The number of carbonyl (C=O) groups excluding carboxylic acids is 1. The van der Waals surface area contributed by atoms with E-state index in [9.17, 15) is 4.79 Å². The largest absolute Gasteiger partial charge is 0.381 e. The van der Waals surface area contributed by atoms with Crippen LogP contribution in [-0.2, 0) is 16.1 Å². The van der Waals surface area contributed by atoms with Gasteiger partial charge < -0.3 is 14.2 Å². The molecule has 0 bridgehead atoms. The van der Waals surface area contributed by atoms with E-state index in [0.29, 0.717) is 17.7 Å². The molecule has 5 rings (SSSR count). The lowest BCUT2D eigenvalue weighted by molar-refractivity contribution is -0.131. The number of carbonyl (C=O) groups is 1. The number of rotatable bonds is 5. The monoisotopic (exact) mass is 344 g/mol. The van der Waals surface area contributed by atoms with Gasteiger partial charge in [-0.1, -0.05) is 0 Å².